The van der Waals surface area contributed by atoms with Crippen LogP contribution in [0, 0.1) is 5.92 Å². The molecule has 0 radical (unpaired) electrons. The molecule has 2 aromatic carbocycles. The number of alkyl halides is 3. The molecule has 0 aromatic heterocycles. The van der Waals surface area contributed by atoms with E-state index in [2.05, 4.69) is 5.32 Å². The summed E-state index contributed by atoms with van der Waals surface area (Å²) in [5.41, 5.74) is -2.92. The molecule has 1 saturated heterocycles. The number of ketones is 1. The fourth-order valence-electron chi connectivity index (χ4n) is 3.57. The van der Waals surface area contributed by atoms with Crippen molar-refractivity contribution in [2.24, 2.45) is 5.92 Å². The van der Waals surface area contributed by atoms with Gasteiger partial charge in [0.1, 0.15) is 12.4 Å². The monoisotopic (exact) mass is 472 g/mol. The number of methoxy groups -OCH3 is 1. The van der Waals surface area contributed by atoms with Gasteiger partial charge in [-0.05, 0) is 30.7 Å². The Bertz CT molecular complexity index is 1030. The minimum Gasteiger partial charge on any atom is -0.493 e. The first-order valence-electron chi connectivity index (χ1n) is 9.40. The van der Waals surface area contributed by atoms with Crippen molar-refractivity contribution in [3.8, 4) is 11.5 Å². The molecule has 7 nitrogen and oxygen atoms in total. The Labute approximate surface area is 186 Å². The van der Waals surface area contributed by atoms with Crippen molar-refractivity contribution < 1.29 is 37.3 Å². The zero-order chi connectivity index (χ0) is 23.7. The quantitative estimate of drug-likeness (QED) is 0.595. The molecule has 0 bridgehead atoms. The third-order valence-electron chi connectivity index (χ3n) is 5.13. The number of halogens is 4. The van der Waals surface area contributed by atoms with Gasteiger partial charge in [0.2, 0.25) is 5.72 Å². The van der Waals surface area contributed by atoms with Gasteiger partial charge in [0.05, 0.1) is 19.1 Å². The normalized spacial score (nSPS) is 23.2. The van der Waals surface area contributed by atoms with Crippen LogP contribution >= 0.6 is 11.6 Å². The maximum Gasteiger partial charge on any atom is 0.437 e. The third kappa shape index (κ3) is 4.46. The van der Waals surface area contributed by atoms with Crippen LogP contribution in [0.3, 0.4) is 0 Å². The number of amides is 2. The number of benzene rings is 2. The molecule has 11 heteroatoms. The van der Waals surface area contributed by atoms with Crippen molar-refractivity contribution in [1.29, 1.82) is 0 Å². The highest BCUT2D eigenvalue weighted by Crippen LogP contribution is 2.44. The number of nitrogens with one attached hydrogen (secondary N) is 2. The third-order valence-corrected chi connectivity index (χ3v) is 5.50. The van der Waals surface area contributed by atoms with Gasteiger partial charge in [-0.1, -0.05) is 35.9 Å². The van der Waals surface area contributed by atoms with Crippen LogP contribution in [0.25, 0.3) is 0 Å². The molecule has 1 fully saturated rings. The molecule has 3 rings (SSSR count). The molecule has 3 atom stereocenters. The Morgan fingerprint density at radius 3 is 2.50 bits per heavy atom. The van der Waals surface area contributed by atoms with E-state index in [0.29, 0.717) is 10.6 Å². The molecule has 0 saturated carbocycles. The first kappa shape index (κ1) is 23.7. The van der Waals surface area contributed by atoms with E-state index in [1.807, 2.05) is 0 Å². The number of hydrogen-bond acceptors (Lipinski definition) is 5. The summed E-state index contributed by atoms with van der Waals surface area (Å²) in [5.74, 6) is -2.60. The van der Waals surface area contributed by atoms with E-state index in [9.17, 15) is 27.9 Å². The first-order chi connectivity index (χ1) is 15.0. The van der Waals surface area contributed by atoms with E-state index < -0.39 is 35.7 Å². The summed E-state index contributed by atoms with van der Waals surface area (Å²) in [4.78, 5) is 24.1. The minimum atomic E-state index is -5.29. The lowest BCUT2D eigenvalue weighted by molar-refractivity contribution is -0.290. The van der Waals surface area contributed by atoms with E-state index in [-0.39, 0.29) is 23.7 Å². The molecule has 2 aromatic rings. The first-order valence-corrected chi connectivity index (χ1v) is 9.78. The Balaban J connectivity index is 1.94. The average Bonchev–Trinajstić information content (AvgIpc) is 2.71. The van der Waals surface area contributed by atoms with Gasteiger partial charge in [-0.25, -0.2) is 4.79 Å². The summed E-state index contributed by atoms with van der Waals surface area (Å²) >= 11 is 6.11. The van der Waals surface area contributed by atoms with Crippen LogP contribution in [0.4, 0.5) is 18.0 Å². The van der Waals surface area contributed by atoms with Gasteiger partial charge in [-0.3, -0.25) is 4.79 Å². The molecule has 0 spiro atoms. The highest BCUT2D eigenvalue weighted by Gasteiger charge is 2.65. The second-order valence-corrected chi connectivity index (χ2v) is 7.63. The summed E-state index contributed by atoms with van der Waals surface area (Å²) in [6.45, 7) is 1.01. The Hall–Kier alpha value is -2.98. The molecule has 1 heterocycles. The molecule has 172 valence electrons. The number of Topliss-reactive ketones (excluding diaryl/α,β-unsaturated/α-hetero) is 1. The molecule has 1 aliphatic heterocycles. The Morgan fingerprint density at radius 1 is 1.22 bits per heavy atom. The van der Waals surface area contributed by atoms with Gasteiger partial charge in [0, 0.05) is 10.6 Å². The van der Waals surface area contributed by atoms with Crippen LogP contribution in [-0.4, -0.2) is 35.9 Å². The predicted octanol–water partition coefficient (Wildman–Crippen LogP) is 3.74. The summed E-state index contributed by atoms with van der Waals surface area (Å²) in [5, 5.41) is 14.5. The van der Waals surface area contributed by atoms with Crippen LogP contribution in [0.15, 0.2) is 42.5 Å². The van der Waals surface area contributed by atoms with E-state index in [4.69, 9.17) is 21.1 Å². The molecule has 2 amide bonds. The standard InChI is InChI=1S/C21H20ClF3N2O5/c1-11(28)17-18(26-19(29)27-20(17,30)21(23,24)25)12-7-8-15(16(9-12)31-2)32-10-13-5-3-4-6-14(13)22/h3-9,17-18,30H,10H2,1-2H3,(H2,26,27,29)/t17-,18-,20+/m0/s1. The zero-order valence-corrected chi connectivity index (χ0v) is 17.8. The summed E-state index contributed by atoms with van der Waals surface area (Å²) in [6, 6.07) is 8.43. The minimum absolute atomic E-state index is 0.101. The number of carbonyl (C=O) groups is 2. The Morgan fingerprint density at radius 2 is 1.91 bits per heavy atom. The van der Waals surface area contributed by atoms with Crippen LogP contribution in [-0.2, 0) is 11.4 Å². The second kappa shape index (κ2) is 8.87. The largest absolute Gasteiger partial charge is 0.493 e. The van der Waals surface area contributed by atoms with Gasteiger partial charge in [-0.15, -0.1) is 0 Å². The number of urea groups is 1. The van der Waals surface area contributed by atoms with E-state index in [1.54, 1.807) is 24.3 Å². The molecule has 3 N–H and O–H groups in total. The highest BCUT2D eigenvalue weighted by atomic mass is 35.5. The maximum atomic E-state index is 13.6. The van der Waals surface area contributed by atoms with E-state index in [0.717, 1.165) is 6.92 Å². The average molecular weight is 473 g/mol. The van der Waals surface area contributed by atoms with Crippen LogP contribution < -0.4 is 20.1 Å². The number of rotatable bonds is 6. The summed E-state index contributed by atoms with van der Waals surface area (Å²) < 4.78 is 51.8. The van der Waals surface area contributed by atoms with E-state index >= 15 is 0 Å². The number of hydrogen-bond donors (Lipinski definition) is 3. The lowest BCUT2D eigenvalue weighted by atomic mass is 9.79. The lowest BCUT2D eigenvalue weighted by Crippen LogP contribution is -2.72. The molecular weight excluding hydrogens is 453 g/mol. The van der Waals surface area contributed by atoms with Crippen molar-refractivity contribution in [1.82, 2.24) is 10.6 Å². The van der Waals surface area contributed by atoms with Crippen molar-refractivity contribution in [2.75, 3.05) is 7.11 Å². The number of carbonyl (C=O) groups excluding carboxylic acids is 2. The van der Waals surface area contributed by atoms with Gasteiger partial charge in [0.25, 0.3) is 0 Å². The molecule has 0 aliphatic carbocycles. The van der Waals surface area contributed by atoms with E-state index in [1.165, 1.54) is 30.6 Å². The summed E-state index contributed by atoms with van der Waals surface area (Å²) in [6.07, 6.45) is -5.29. The topological polar surface area (TPSA) is 96.9 Å². The molecule has 32 heavy (non-hydrogen) atoms. The van der Waals surface area contributed by atoms with Crippen molar-refractivity contribution in [3.63, 3.8) is 0 Å². The number of aliphatic hydroxyl groups is 1. The van der Waals surface area contributed by atoms with Gasteiger partial charge < -0.3 is 25.2 Å². The fraction of sp³-hybridized carbons (Fsp3) is 0.333. The van der Waals surface area contributed by atoms with Gasteiger partial charge >= 0.3 is 12.2 Å². The molecule has 1 aliphatic rings. The SMILES string of the molecule is COc1cc([C@@H]2NC(=O)N[C@](O)(C(F)(F)F)[C@H]2C(C)=O)ccc1OCc1ccccc1Cl. The van der Waals surface area contributed by atoms with Crippen molar-refractivity contribution in [3.05, 3.63) is 58.6 Å². The van der Waals surface area contributed by atoms with Crippen LogP contribution in [0.2, 0.25) is 5.02 Å². The second-order valence-electron chi connectivity index (χ2n) is 7.22. The number of ether oxygens (including phenoxy) is 2. The van der Waals surface area contributed by atoms with Gasteiger partial charge in [0.15, 0.2) is 11.5 Å². The van der Waals surface area contributed by atoms with Crippen LogP contribution in [0.1, 0.15) is 24.1 Å². The van der Waals surface area contributed by atoms with Crippen molar-refractivity contribution >= 4 is 23.4 Å². The smallest absolute Gasteiger partial charge is 0.437 e. The molecule has 0 unspecified atom stereocenters. The van der Waals surface area contributed by atoms with Crippen molar-refractivity contribution in [2.45, 2.75) is 31.5 Å². The van der Waals surface area contributed by atoms with Gasteiger partial charge in [-0.2, -0.15) is 13.2 Å². The molecular formula is C21H20ClF3N2O5. The fourth-order valence-corrected chi connectivity index (χ4v) is 3.76. The summed E-state index contributed by atoms with van der Waals surface area (Å²) in [7, 11) is 1.33. The maximum absolute atomic E-state index is 13.6. The Kier molecular flexibility index (Phi) is 6.56. The van der Waals surface area contributed by atoms with Crippen LogP contribution in [0.5, 0.6) is 11.5 Å². The highest BCUT2D eigenvalue weighted by molar-refractivity contribution is 6.31. The predicted molar refractivity (Wildman–Crippen MR) is 108 cm³/mol. The lowest BCUT2D eigenvalue weighted by Gasteiger charge is -2.44. The zero-order valence-electron chi connectivity index (χ0n) is 17.0.